The number of furan rings is 1. The maximum atomic E-state index is 12.5. The molecule has 164 valence electrons. The number of aryl methyl sites for hydroxylation is 1. The van der Waals surface area contributed by atoms with Gasteiger partial charge in [0, 0.05) is 12.8 Å². The number of carbonyl (C=O) groups is 2. The van der Waals surface area contributed by atoms with E-state index in [1.807, 2.05) is 17.6 Å². The Labute approximate surface area is 184 Å². The minimum atomic E-state index is -0.429. The number of aromatic nitrogens is 3. The van der Waals surface area contributed by atoms with Crippen molar-refractivity contribution in [3.05, 3.63) is 47.9 Å². The number of hydrogen-bond acceptors (Lipinski definition) is 8. The molecule has 0 aliphatic heterocycles. The van der Waals surface area contributed by atoms with Crippen LogP contribution in [0.1, 0.15) is 23.0 Å². The Morgan fingerprint density at radius 3 is 2.81 bits per heavy atom. The molecule has 1 aromatic carbocycles. The smallest absolute Gasteiger partial charge is 0.338 e. The number of benzene rings is 1. The first-order chi connectivity index (χ1) is 15.0. The molecule has 0 bridgehead atoms. The monoisotopic (exact) mass is 444 g/mol. The molecule has 3 aromatic rings. The van der Waals surface area contributed by atoms with Crippen LogP contribution in [0.2, 0.25) is 0 Å². The van der Waals surface area contributed by atoms with E-state index in [-0.39, 0.29) is 18.3 Å². The average molecular weight is 445 g/mol. The van der Waals surface area contributed by atoms with Crippen LogP contribution in [0.3, 0.4) is 0 Å². The van der Waals surface area contributed by atoms with Crippen molar-refractivity contribution in [2.75, 3.05) is 31.4 Å². The number of rotatable bonds is 10. The highest BCUT2D eigenvalue weighted by atomic mass is 32.2. The van der Waals surface area contributed by atoms with Crippen molar-refractivity contribution >= 4 is 29.3 Å². The van der Waals surface area contributed by atoms with Crippen LogP contribution in [0.25, 0.3) is 11.4 Å². The van der Waals surface area contributed by atoms with Gasteiger partial charge in [0.05, 0.1) is 42.9 Å². The first-order valence-electron chi connectivity index (χ1n) is 9.70. The number of hydrogen-bond donors (Lipinski definition) is 1. The van der Waals surface area contributed by atoms with Gasteiger partial charge in [-0.1, -0.05) is 17.8 Å². The van der Waals surface area contributed by atoms with Gasteiger partial charge < -0.3 is 19.2 Å². The van der Waals surface area contributed by atoms with Gasteiger partial charge in [0.15, 0.2) is 11.0 Å². The number of nitrogens with one attached hydrogen (secondary N) is 1. The number of carbonyl (C=O) groups excluding carboxylic acids is 2. The zero-order chi connectivity index (χ0) is 22.2. The fourth-order valence-electron chi connectivity index (χ4n) is 2.86. The van der Waals surface area contributed by atoms with E-state index in [4.69, 9.17) is 13.9 Å². The molecule has 31 heavy (non-hydrogen) atoms. The number of amides is 1. The molecular formula is C21H24N4O5S. The summed E-state index contributed by atoms with van der Waals surface area (Å²) >= 11 is 1.27. The van der Waals surface area contributed by atoms with Crippen molar-refractivity contribution in [1.82, 2.24) is 14.8 Å². The van der Waals surface area contributed by atoms with Gasteiger partial charge in [-0.05, 0) is 38.1 Å². The topological polar surface area (TPSA) is 108 Å². The maximum absolute atomic E-state index is 12.5. The zero-order valence-corrected chi connectivity index (χ0v) is 18.4. The lowest BCUT2D eigenvalue weighted by Crippen LogP contribution is -2.15. The molecular weight excluding hydrogens is 420 g/mol. The van der Waals surface area contributed by atoms with Crippen molar-refractivity contribution in [1.29, 1.82) is 0 Å². The molecule has 0 spiro atoms. The number of nitrogens with zero attached hydrogens (tertiary/aromatic N) is 3. The van der Waals surface area contributed by atoms with Crippen molar-refractivity contribution in [2.24, 2.45) is 0 Å². The highest BCUT2D eigenvalue weighted by Gasteiger charge is 2.18. The van der Waals surface area contributed by atoms with Crippen molar-refractivity contribution < 1.29 is 23.5 Å². The van der Waals surface area contributed by atoms with Crippen molar-refractivity contribution in [2.45, 2.75) is 25.5 Å². The van der Waals surface area contributed by atoms with Gasteiger partial charge in [0.1, 0.15) is 5.76 Å². The fourth-order valence-corrected chi connectivity index (χ4v) is 3.63. The molecule has 0 atom stereocenters. The second-order valence-corrected chi connectivity index (χ2v) is 7.42. The third kappa shape index (κ3) is 5.74. The number of ether oxygens (including phenoxy) is 2. The normalized spacial score (nSPS) is 10.8. The largest absolute Gasteiger partial charge is 0.469 e. The molecule has 0 aliphatic rings. The molecule has 0 aliphatic carbocycles. The number of thioether (sulfide) groups is 1. The molecule has 2 heterocycles. The van der Waals surface area contributed by atoms with Crippen LogP contribution in [0.5, 0.6) is 0 Å². The Kier molecular flexibility index (Phi) is 7.85. The van der Waals surface area contributed by atoms with E-state index >= 15 is 0 Å². The summed E-state index contributed by atoms with van der Waals surface area (Å²) in [5.74, 6) is 0.865. The second kappa shape index (κ2) is 10.8. The van der Waals surface area contributed by atoms with E-state index in [0.717, 1.165) is 11.3 Å². The standard InChI is InChI=1S/C21H24N4O5S/c1-4-29-20(27)15-6-5-7-16(12-15)22-18(26)13-31-21-24-23-19(25(21)9-11-28-3)17-8-10-30-14(17)2/h5-8,10,12H,4,9,11,13H2,1-3H3,(H,22,26). The Hall–Kier alpha value is -3.11. The second-order valence-electron chi connectivity index (χ2n) is 6.48. The summed E-state index contributed by atoms with van der Waals surface area (Å²) in [6.45, 7) is 4.90. The molecule has 0 unspecified atom stereocenters. The number of esters is 1. The Morgan fingerprint density at radius 2 is 2.10 bits per heavy atom. The molecule has 3 rings (SSSR count). The summed E-state index contributed by atoms with van der Waals surface area (Å²) in [5.41, 5.74) is 1.74. The van der Waals surface area contributed by atoms with Crippen LogP contribution in [-0.4, -0.2) is 52.7 Å². The Morgan fingerprint density at radius 1 is 1.26 bits per heavy atom. The predicted octanol–water partition coefficient (Wildman–Crippen LogP) is 3.40. The van der Waals surface area contributed by atoms with E-state index < -0.39 is 5.97 Å². The quantitative estimate of drug-likeness (QED) is 0.374. The minimum absolute atomic E-state index is 0.124. The van der Waals surface area contributed by atoms with Gasteiger partial charge in [-0.2, -0.15) is 0 Å². The lowest BCUT2D eigenvalue weighted by atomic mass is 10.2. The lowest BCUT2D eigenvalue weighted by Gasteiger charge is -2.10. The van der Waals surface area contributed by atoms with Crippen LogP contribution in [0, 0.1) is 6.92 Å². The average Bonchev–Trinajstić information content (AvgIpc) is 3.36. The zero-order valence-electron chi connectivity index (χ0n) is 17.6. The molecule has 9 nitrogen and oxygen atoms in total. The Bertz CT molecular complexity index is 1050. The molecule has 1 N–H and O–H groups in total. The van der Waals surface area contributed by atoms with E-state index in [0.29, 0.717) is 35.4 Å². The van der Waals surface area contributed by atoms with E-state index in [1.165, 1.54) is 11.8 Å². The highest BCUT2D eigenvalue weighted by molar-refractivity contribution is 7.99. The molecule has 0 saturated heterocycles. The van der Waals surface area contributed by atoms with Gasteiger partial charge >= 0.3 is 5.97 Å². The summed E-state index contributed by atoms with van der Waals surface area (Å²) in [4.78, 5) is 24.3. The first-order valence-corrected chi connectivity index (χ1v) is 10.7. The third-order valence-electron chi connectivity index (χ3n) is 4.33. The maximum Gasteiger partial charge on any atom is 0.338 e. The first kappa shape index (κ1) is 22.6. The summed E-state index contributed by atoms with van der Waals surface area (Å²) in [6.07, 6.45) is 1.60. The van der Waals surface area contributed by atoms with Crippen LogP contribution in [0.15, 0.2) is 46.2 Å². The molecule has 0 radical (unpaired) electrons. The lowest BCUT2D eigenvalue weighted by molar-refractivity contribution is -0.113. The van der Waals surface area contributed by atoms with Crippen LogP contribution < -0.4 is 5.32 Å². The van der Waals surface area contributed by atoms with E-state index in [2.05, 4.69) is 15.5 Å². The highest BCUT2D eigenvalue weighted by Crippen LogP contribution is 2.27. The summed E-state index contributed by atoms with van der Waals surface area (Å²) in [6, 6.07) is 8.46. The SMILES string of the molecule is CCOC(=O)c1cccc(NC(=O)CSc2nnc(-c3ccoc3C)n2CCOC)c1. The molecule has 2 aromatic heterocycles. The summed E-state index contributed by atoms with van der Waals surface area (Å²) < 4.78 is 17.5. The van der Waals surface area contributed by atoms with Crippen LogP contribution in [-0.2, 0) is 20.8 Å². The number of methoxy groups -OCH3 is 1. The molecule has 1 amide bonds. The molecule has 0 saturated carbocycles. The van der Waals surface area contributed by atoms with Crippen molar-refractivity contribution in [3.8, 4) is 11.4 Å². The van der Waals surface area contributed by atoms with Crippen LogP contribution >= 0.6 is 11.8 Å². The van der Waals surface area contributed by atoms with Gasteiger partial charge in [0.2, 0.25) is 5.91 Å². The third-order valence-corrected chi connectivity index (χ3v) is 5.29. The van der Waals surface area contributed by atoms with Gasteiger partial charge in [0.25, 0.3) is 0 Å². The minimum Gasteiger partial charge on any atom is -0.469 e. The summed E-state index contributed by atoms with van der Waals surface area (Å²) in [7, 11) is 1.62. The Balaban J connectivity index is 1.68. The molecule has 0 fully saturated rings. The van der Waals surface area contributed by atoms with Crippen LogP contribution in [0.4, 0.5) is 5.69 Å². The van der Waals surface area contributed by atoms with E-state index in [1.54, 1.807) is 44.6 Å². The number of anilines is 1. The van der Waals surface area contributed by atoms with Crippen molar-refractivity contribution in [3.63, 3.8) is 0 Å². The predicted molar refractivity (Wildman–Crippen MR) is 116 cm³/mol. The van der Waals surface area contributed by atoms with Gasteiger partial charge in [-0.3, -0.25) is 9.36 Å². The van der Waals surface area contributed by atoms with Gasteiger partial charge in [-0.15, -0.1) is 10.2 Å². The summed E-state index contributed by atoms with van der Waals surface area (Å²) in [5, 5.41) is 11.9. The fraction of sp³-hybridized carbons (Fsp3) is 0.333. The molecule has 10 heteroatoms. The van der Waals surface area contributed by atoms with E-state index in [9.17, 15) is 9.59 Å². The van der Waals surface area contributed by atoms with Gasteiger partial charge in [-0.25, -0.2) is 4.79 Å².